The lowest BCUT2D eigenvalue weighted by Crippen LogP contribution is -2.21. The van der Waals surface area contributed by atoms with Crippen molar-refractivity contribution in [3.8, 4) is 0 Å². The van der Waals surface area contributed by atoms with Crippen LogP contribution in [0, 0.1) is 0 Å². The van der Waals surface area contributed by atoms with Crippen molar-refractivity contribution in [2.45, 2.75) is 32.4 Å². The zero-order valence-electron chi connectivity index (χ0n) is 9.53. The summed E-state index contributed by atoms with van der Waals surface area (Å²) < 4.78 is 0. The molecule has 2 rings (SSSR count). The molecule has 1 heterocycles. The van der Waals surface area contributed by atoms with Crippen LogP contribution >= 0.6 is 0 Å². The van der Waals surface area contributed by atoms with Crippen molar-refractivity contribution in [3.05, 3.63) is 24.0 Å². The van der Waals surface area contributed by atoms with Crippen molar-refractivity contribution in [1.29, 1.82) is 0 Å². The van der Waals surface area contributed by atoms with E-state index in [1.165, 1.54) is 24.1 Å². The van der Waals surface area contributed by atoms with Crippen LogP contribution in [-0.4, -0.2) is 24.6 Å². The third kappa shape index (κ3) is 2.69. The van der Waals surface area contributed by atoms with Gasteiger partial charge in [0.05, 0.1) is 11.9 Å². The highest BCUT2D eigenvalue weighted by atomic mass is 15.1. The van der Waals surface area contributed by atoms with Gasteiger partial charge in [0.25, 0.3) is 0 Å². The van der Waals surface area contributed by atoms with Gasteiger partial charge in [-0.3, -0.25) is 4.98 Å². The maximum atomic E-state index is 4.19. The van der Waals surface area contributed by atoms with E-state index in [0.29, 0.717) is 0 Å². The van der Waals surface area contributed by atoms with Crippen LogP contribution in [0.2, 0.25) is 0 Å². The number of anilines is 1. The van der Waals surface area contributed by atoms with Crippen LogP contribution < -0.4 is 10.2 Å². The number of pyridine rings is 1. The summed E-state index contributed by atoms with van der Waals surface area (Å²) in [6.45, 7) is 4.14. The summed E-state index contributed by atoms with van der Waals surface area (Å²) in [7, 11) is 2.11. The standard InChI is InChI=1S/C12H19N3/c1-3-15(2)12-9-13-7-6-10(12)8-14-11-4-5-11/h6-7,9,11,14H,3-5,8H2,1-2H3. The molecule has 0 aromatic carbocycles. The summed E-state index contributed by atoms with van der Waals surface area (Å²) in [4.78, 5) is 6.42. The van der Waals surface area contributed by atoms with Crippen molar-refractivity contribution >= 4 is 5.69 Å². The molecule has 1 fully saturated rings. The molecule has 3 heteroatoms. The van der Waals surface area contributed by atoms with Crippen LogP contribution in [0.3, 0.4) is 0 Å². The number of nitrogens with zero attached hydrogens (tertiary/aromatic N) is 2. The Balaban J connectivity index is 2.05. The molecule has 1 N–H and O–H groups in total. The van der Waals surface area contributed by atoms with E-state index in [-0.39, 0.29) is 0 Å². The molecule has 0 bridgehead atoms. The molecular formula is C12H19N3. The van der Waals surface area contributed by atoms with Crippen LogP contribution in [0.5, 0.6) is 0 Å². The Morgan fingerprint density at radius 3 is 3.00 bits per heavy atom. The van der Waals surface area contributed by atoms with E-state index in [2.05, 4.69) is 35.2 Å². The van der Waals surface area contributed by atoms with E-state index in [1.807, 2.05) is 12.4 Å². The van der Waals surface area contributed by atoms with E-state index in [1.54, 1.807) is 0 Å². The van der Waals surface area contributed by atoms with E-state index in [0.717, 1.165) is 19.1 Å². The van der Waals surface area contributed by atoms with Gasteiger partial charge in [-0.05, 0) is 31.4 Å². The maximum Gasteiger partial charge on any atom is 0.0595 e. The van der Waals surface area contributed by atoms with Crippen LogP contribution in [0.1, 0.15) is 25.3 Å². The first-order valence-corrected chi connectivity index (χ1v) is 5.68. The Bertz CT molecular complexity index is 320. The van der Waals surface area contributed by atoms with Gasteiger partial charge in [0.2, 0.25) is 0 Å². The van der Waals surface area contributed by atoms with E-state index < -0.39 is 0 Å². The van der Waals surface area contributed by atoms with Crippen LogP contribution in [0.25, 0.3) is 0 Å². The second kappa shape index (κ2) is 4.62. The van der Waals surface area contributed by atoms with Gasteiger partial charge in [0, 0.05) is 32.4 Å². The Morgan fingerprint density at radius 2 is 2.33 bits per heavy atom. The van der Waals surface area contributed by atoms with Crippen LogP contribution in [-0.2, 0) is 6.54 Å². The number of rotatable bonds is 5. The highest BCUT2D eigenvalue weighted by Crippen LogP contribution is 2.22. The van der Waals surface area contributed by atoms with Gasteiger partial charge >= 0.3 is 0 Å². The Hall–Kier alpha value is -1.09. The third-order valence-corrected chi connectivity index (χ3v) is 2.93. The van der Waals surface area contributed by atoms with Gasteiger partial charge in [0.15, 0.2) is 0 Å². The predicted octanol–water partition coefficient (Wildman–Crippen LogP) is 1.79. The maximum absolute atomic E-state index is 4.19. The molecule has 1 aliphatic carbocycles. The summed E-state index contributed by atoms with van der Waals surface area (Å²) in [6.07, 6.45) is 6.50. The fraction of sp³-hybridized carbons (Fsp3) is 0.583. The average Bonchev–Trinajstić information content (AvgIpc) is 3.09. The molecule has 82 valence electrons. The topological polar surface area (TPSA) is 28.2 Å². The minimum Gasteiger partial charge on any atom is -0.373 e. The summed E-state index contributed by atoms with van der Waals surface area (Å²) in [5.74, 6) is 0. The molecule has 1 aromatic heterocycles. The summed E-state index contributed by atoms with van der Waals surface area (Å²) in [5.41, 5.74) is 2.59. The quantitative estimate of drug-likeness (QED) is 0.794. The fourth-order valence-electron chi connectivity index (χ4n) is 1.62. The zero-order valence-corrected chi connectivity index (χ0v) is 9.53. The minimum atomic E-state index is 0.762. The van der Waals surface area contributed by atoms with Crippen molar-refractivity contribution in [2.24, 2.45) is 0 Å². The predicted molar refractivity (Wildman–Crippen MR) is 63.0 cm³/mol. The molecule has 0 spiro atoms. The summed E-state index contributed by atoms with van der Waals surface area (Å²) in [5, 5.41) is 3.54. The van der Waals surface area contributed by atoms with Crippen molar-refractivity contribution < 1.29 is 0 Å². The summed E-state index contributed by atoms with van der Waals surface area (Å²) in [6, 6.07) is 2.87. The lowest BCUT2D eigenvalue weighted by molar-refractivity contribution is 0.685. The molecule has 0 saturated heterocycles. The van der Waals surface area contributed by atoms with E-state index in [9.17, 15) is 0 Å². The third-order valence-electron chi connectivity index (χ3n) is 2.93. The largest absolute Gasteiger partial charge is 0.373 e. The highest BCUT2D eigenvalue weighted by molar-refractivity contribution is 5.50. The van der Waals surface area contributed by atoms with Gasteiger partial charge < -0.3 is 10.2 Å². The number of hydrogen-bond acceptors (Lipinski definition) is 3. The Morgan fingerprint density at radius 1 is 1.53 bits per heavy atom. The lowest BCUT2D eigenvalue weighted by Gasteiger charge is -2.20. The van der Waals surface area contributed by atoms with Gasteiger partial charge in [0.1, 0.15) is 0 Å². The molecule has 0 radical (unpaired) electrons. The fourth-order valence-corrected chi connectivity index (χ4v) is 1.62. The minimum absolute atomic E-state index is 0.762. The van der Waals surface area contributed by atoms with Gasteiger partial charge in [-0.1, -0.05) is 0 Å². The van der Waals surface area contributed by atoms with E-state index in [4.69, 9.17) is 0 Å². The van der Waals surface area contributed by atoms with Crippen molar-refractivity contribution in [2.75, 3.05) is 18.5 Å². The van der Waals surface area contributed by atoms with Crippen molar-refractivity contribution in [3.63, 3.8) is 0 Å². The smallest absolute Gasteiger partial charge is 0.0595 e. The van der Waals surface area contributed by atoms with Gasteiger partial charge in [-0.2, -0.15) is 0 Å². The second-order valence-corrected chi connectivity index (χ2v) is 4.17. The normalized spacial score (nSPS) is 15.3. The number of nitrogens with one attached hydrogen (secondary N) is 1. The molecule has 0 atom stereocenters. The zero-order chi connectivity index (χ0) is 10.7. The average molecular weight is 205 g/mol. The van der Waals surface area contributed by atoms with Crippen LogP contribution in [0.15, 0.2) is 18.5 Å². The number of hydrogen-bond donors (Lipinski definition) is 1. The Kier molecular flexibility index (Phi) is 3.21. The first-order chi connectivity index (χ1) is 7.31. The second-order valence-electron chi connectivity index (χ2n) is 4.17. The van der Waals surface area contributed by atoms with Gasteiger partial charge in [-0.25, -0.2) is 0 Å². The molecule has 3 nitrogen and oxygen atoms in total. The van der Waals surface area contributed by atoms with Gasteiger partial charge in [-0.15, -0.1) is 0 Å². The van der Waals surface area contributed by atoms with Crippen LogP contribution in [0.4, 0.5) is 5.69 Å². The van der Waals surface area contributed by atoms with E-state index >= 15 is 0 Å². The first kappa shape index (κ1) is 10.4. The molecule has 0 aliphatic heterocycles. The SMILES string of the molecule is CCN(C)c1cnccc1CNC1CC1. The highest BCUT2D eigenvalue weighted by Gasteiger charge is 2.20. The monoisotopic (exact) mass is 205 g/mol. The molecule has 1 aliphatic rings. The Labute approximate surface area is 91.5 Å². The molecule has 1 saturated carbocycles. The molecule has 0 amide bonds. The molecule has 1 aromatic rings. The molecule has 15 heavy (non-hydrogen) atoms. The number of aromatic nitrogens is 1. The first-order valence-electron chi connectivity index (χ1n) is 5.68. The summed E-state index contributed by atoms with van der Waals surface area (Å²) >= 11 is 0. The lowest BCUT2D eigenvalue weighted by atomic mass is 10.2. The molecule has 0 unspecified atom stereocenters. The van der Waals surface area contributed by atoms with Crippen molar-refractivity contribution in [1.82, 2.24) is 10.3 Å². The molecular weight excluding hydrogens is 186 g/mol.